The zero-order chi connectivity index (χ0) is 22.9. The van der Waals surface area contributed by atoms with Gasteiger partial charge >= 0.3 is 0 Å². The summed E-state index contributed by atoms with van der Waals surface area (Å²) in [6.07, 6.45) is 4.47. The van der Waals surface area contributed by atoms with E-state index in [-0.39, 0.29) is 5.41 Å². The summed E-state index contributed by atoms with van der Waals surface area (Å²) in [5, 5.41) is 7.42. The molecule has 4 aromatic rings. The highest BCUT2D eigenvalue weighted by atomic mass is 16.5. The van der Waals surface area contributed by atoms with E-state index in [9.17, 15) is 0 Å². The predicted octanol–water partition coefficient (Wildman–Crippen LogP) is 3.69. The van der Waals surface area contributed by atoms with E-state index in [1.54, 1.807) is 14.2 Å². The number of hydrogen-bond acceptors (Lipinski definition) is 5. The molecule has 166 valence electrons. The molecule has 2 N–H and O–H groups in total. The van der Waals surface area contributed by atoms with E-state index in [4.69, 9.17) is 9.47 Å². The summed E-state index contributed by atoms with van der Waals surface area (Å²) in [6, 6.07) is 10.1. The molecule has 1 aromatic carbocycles. The molecule has 4 rings (SSSR count). The molecule has 3 heterocycles. The Morgan fingerprint density at radius 3 is 2.50 bits per heavy atom. The maximum absolute atomic E-state index is 5.54. The minimum Gasteiger partial charge on any atom is -0.496 e. The van der Waals surface area contributed by atoms with E-state index in [1.165, 1.54) is 0 Å². The number of rotatable bonds is 6. The van der Waals surface area contributed by atoms with Gasteiger partial charge in [0.1, 0.15) is 29.2 Å². The molecule has 0 aliphatic carbocycles. The molecule has 8 nitrogen and oxygen atoms in total. The van der Waals surface area contributed by atoms with Crippen LogP contribution < -0.4 is 14.0 Å². The maximum atomic E-state index is 5.54. The van der Waals surface area contributed by atoms with Crippen molar-refractivity contribution in [1.29, 1.82) is 0 Å². The SMILES string of the molecule is COc1ccc(Cc2nc(-c3ccc(-[n+]4c[nH]c(C)c4)c(OC)n3)n[nH]2)cc1C(C)(C)C. The number of methoxy groups -OCH3 is 2. The zero-order valence-corrected chi connectivity index (χ0v) is 19.4. The second kappa shape index (κ2) is 8.45. The maximum Gasteiger partial charge on any atom is 0.262 e. The Balaban J connectivity index is 1.59. The molecular formula is C24H29N6O2+. The number of pyridine rings is 1. The predicted molar refractivity (Wildman–Crippen MR) is 121 cm³/mol. The number of benzene rings is 1. The summed E-state index contributed by atoms with van der Waals surface area (Å²) in [5.74, 6) is 2.70. The van der Waals surface area contributed by atoms with Crippen LogP contribution in [0.2, 0.25) is 0 Å². The number of aromatic nitrogens is 6. The molecule has 0 aliphatic heterocycles. The largest absolute Gasteiger partial charge is 0.496 e. The van der Waals surface area contributed by atoms with Crippen molar-refractivity contribution in [2.24, 2.45) is 0 Å². The van der Waals surface area contributed by atoms with Gasteiger partial charge in [-0.2, -0.15) is 9.67 Å². The quantitative estimate of drug-likeness (QED) is 0.453. The van der Waals surface area contributed by atoms with Gasteiger partial charge in [-0.15, -0.1) is 0 Å². The van der Waals surface area contributed by atoms with E-state index in [1.807, 2.05) is 42.2 Å². The second-order valence-electron chi connectivity index (χ2n) is 8.78. The molecule has 0 saturated heterocycles. The van der Waals surface area contributed by atoms with Crippen LogP contribution in [0, 0.1) is 6.92 Å². The Bertz CT molecular complexity index is 1240. The van der Waals surface area contributed by atoms with Gasteiger partial charge in [-0.05, 0) is 34.7 Å². The van der Waals surface area contributed by atoms with Gasteiger partial charge in [-0.1, -0.05) is 32.9 Å². The zero-order valence-electron chi connectivity index (χ0n) is 19.4. The average Bonchev–Trinajstić information content (AvgIpc) is 3.41. The standard InChI is InChI=1S/C24H28N6O2/c1-15-13-30(14-25-15)19-9-8-18(26-23(19)32-6)22-27-21(28-29-22)12-16-7-10-20(31-5)17(11-16)24(2,3)4/h7-11,13-14H,12H2,1-6H3,(H,26,27,28,29)/p+1. The minimum absolute atomic E-state index is 0.0217. The Kier molecular flexibility index (Phi) is 5.69. The van der Waals surface area contributed by atoms with Crippen LogP contribution in [-0.2, 0) is 11.8 Å². The summed E-state index contributed by atoms with van der Waals surface area (Å²) in [7, 11) is 3.31. The molecule has 0 fully saturated rings. The first-order valence-corrected chi connectivity index (χ1v) is 10.5. The molecule has 8 heteroatoms. The first-order valence-electron chi connectivity index (χ1n) is 10.5. The average molecular weight is 434 g/mol. The number of H-pyrrole nitrogens is 2. The number of aryl methyl sites for hydroxylation is 1. The van der Waals surface area contributed by atoms with Gasteiger partial charge in [0.25, 0.3) is 5.88 Å². The first-order chi connectivity index (χ1) is 15.3. The lowest BCUT2D eigenvalue weighted by Crippen LogP contribution is -2.28. The van der Waals surface area contributed by atoms with Crippen LogP contribution in [0.3, 0.4) is 0 Å². The first kappa shape index (κ1) is 21.5. The van der Waals surface area contributed by atoms with Gasteiger partial charge in [-0.3, -0.25) is 5.10 Å². The highest BCUT2D eigenvalue weighted by Crippen LogP contribution is 2.32. The fourth-order valence-corrected chi connectivity index (χ4v) is 3.63. The summed E-state index contributed by atoms with van der Waals surface area (Å²) in [4.78, 5) is 12.4. The van der Waals surface area contributed by atoms with E-state index in [0.717, 1.165) is 34.1 Å². The van der Waals surface area contributed by atoms with E-state index < -0.39 is 0 Å². The smallest absolute Gasteiger partial charge is 0.262 e. The fourth-order valence-electron chi connectivity index (χ4n) is 3.63. The van der Waals surface area contributed by atoms with Crippen LogP contribution >= 0.6 is 0 Å². The molecule has 0 spiro atoms. The Hall–Kier alpha value is -3.68. The van der Waals surface area contributed by atoms with Gasteiger partial charge in [0, 0.05) is 13.3 Å². The van der Waals surface area contributed by atoms with E-state index in [2.05, 4.69) is 58.1 Å². The third-order valence-electron chi connectivity index (χ3n) is 5.28. The van der Waals surface area contributed by atoms with Crippen LogP contribution in [0.15, 0.2) is 42.9 Å². The molecular weight excluding hydrogens is 404 g/mol. The minimum atomic E-state index is -0.0217. The van der Waals surface area contributed by atoms with Gasteiger partial charge in [0.2, 0.25) is 6.33 Å². The van der Waals surface area contributed by atoms with Crippen molar-refractivity contribution in [3.05, 3.63) is 65.5 Å². The Labute approximate surface area is 187 Å². The summed E-state index contributed by atoms with van der Waals surface area (Å²) < 4.78 is 13.0. The number of imidazole rings is 1. The number of nitrogens with zero attached hydrogens (tertiary/aromatic N) is 4. The van der Waals surface area contributed by atoms with Crippen molar-refractivity contribution in [1.82, 2.24) is 25.1 Å². The van der Waals surface area contributed by atoms with Crippen LogP contribution in [0.1, 0.15) is 43.4 Å². The van der Waals surface area contributed by atoms with Crippen LogP contribution in [-0.4, -0.2) is 39.4 Å². The second-order valence-corrected chi connectivity index (χ2v) is 8.78. The monoisotopic (exact) mass is 433 g/mol. The molecule has 0 radical (unpaired) electrons. The highest BCUT2D eigenvalue weighted by molar-refractivity contribution is 5.53. The number of aromatic amines is 2. The third kappa shape index (κ3) is 4.34. The Morgan fingerprint density at radius 2 is 1.84 bits per heavy atom. The summed E-state index contributed by atoms with van der Waals surface area (Å²) in [5.41, 5.74) is 4.81. The van der Waals surface area contributed by atoms with Crippen molar-refractivity contribution < 1.29 is 14.0 Å². The fraction of sp³-hybridized carbons (Fsp3) is 0.333. The molecule has 0 atom stereocenters. The normalized spacial score (nSPS) is 11.6. The van der Waals surface area contributed by atoms with Crippen LogP contribution in [0.25, 0.3) is 17.2 Å². The molecule has 0 saturated carbocycles. The summed E-state index contributed by atoms with van der Waals surface area (Å²) in [6.45, 7) is 8.53. The van der Waals surface area contributed by atoms with Crippen molar-refractivity contribution in [3.8, 4) is 28.8 Å². The molecule has 0 aliphatic rings. The molecule has 32 heavy (non-hydrogen) atoms. The van der Waals surface area contributed by atoms with Gasteiger partial charge in [-0.25, -0.2) is 15.0 Å². The van der Waals surface area contributed by atoms with E-state index in [0.29, 0.717) is 23.8 Å². The van der Waals surface area contributed by atoms with Crippen molar-refractivity contribution >= 4 is 0 Å². The van der Waals surface area contributed by atoms with Gasteiger partial charge in [0.15, 0.2) is 11.5 Å². The van der Waals surface area contributed by atoms with E-state index >= 15 is 0 Å². The van der Waals surface area contributed by atoms with Gasteiger partial charge < -0.3 is 9.47 Å². The lowest BCUT2D eigenvalue weighted by Gasteiger charge is -2.22. The lowest BCUT2D eigenvalue weighted by atomic mass is 9.85. The molecule has 0 amide bonds. The van der Waals surface area contributed by atoms with Gasteiger partial charge in [0.05, 0.1) is 14.2 Å². The van der Waals surface area contributed by atoms with Crippen molar-refractivity contribution in [2.75, 3.05) is 14.2 Å². The number of ether oxygens (including phenoxy) is 2. The molecule has 0 bridgehead atoms. The van der Waals surface area contributed by atoms with Crippen LogP contribution in [0.5, 0.6) is 11.6 Å². The highest BCUT2D eigenvalue weighted by Gasteiger charge is 2.20. The van der Waals surface area contributed by atoms with Crippen molar-refractivity contribution in [2.45, 2.75) is 39.5 Å². The Morgan fingerprint density at radius 1 is 1.03 bits per heavy atom. The summed E-state index contributed by atoms with van der Waals surface area (Å²) >= 11 is 0. The number of nitrogens with one attached hydrogen (secondary N) is 2. The van der Waals surface area contributed by atoms with Crippen molar-refractivity contribution in [3.63, 3.8) is 0 Å². The molecule has 3 aromatic heterocycles. The lowest BCUT2D eigenvalue weighted by molar-refractivity contribution is -0.595. The van der Waals surface area contributed by atoms with Crippen LogP contribution in [0.4, 0.5) is 0 Å². The molecule has 0 unspecified atom stereocenters. The number of hydrogen-bond donors (Lipinski definition) is 2. The topological polar surface area (TPSA) is 92.6 Å². The third-order valence-corrected chi connectivity index (χ3v) is 5.28.